The van der Waals surface area contributed by atoms with Crippen molar-refractivity contribution in [1.82, 2.24) is 5.32 Å². The van der Waals surface area contributed by atoms with Gasteiger partial charge in [-0.15, -0.1) is 0 Å². The molecule has 0 aromatic rings. The molecule has 0 spiro atoms. The van der Waals surface area contributed by atoms with Crippen LogP contribution in [-0.2, 0) is 4.79 Å². The molecule has 6 heteroatoms. The Labute approximate surface area is 349 Å². The highest BCUT2D eigenvalue weighted by molar-refractivity contribution is 5.80. The fourth-order valence-corrected chi connectivity index (χ4v) is 8.00. The van der Waals surface area contributed by atoms with Gasteiger partial charge in [0.1, 0.15) is 12.2 Å². The third-order valence-corrected chi connectivity index (χ3v) is 12.0. The first-order chi connectivity index (χ1) is 27.5. The molecule has 0 aromatic heterocycles. The van der Waals surface area contributed by atoms with Crippen LogP contribution in [0.4, 0.5) is 0 Å². The summed E-state index contributed by atoms with van der Waals surface area (Å²) in [7, 11) is 0. The molecule has 4 unspecified atom stereocenters. The lowest BCUT2D eigenvalue weighted by Crippen LogP contribution is -2.53. The Balaban J connectivity index is 3.49. The maximum absolute atomic E-state index is 12.4. The number of amides is 1. The monoisotopic (exact) mass is 794 g/mol. The molecule has 0 aliphatic carbocycles. The summed E-state index contributed by atoms with van der Waals surface area (Å²) in [6, 6.07) is -0.996. The number of hydrogen-bond donors (Lipinski definition) is 5. The van der Waals surface area contributed by atoms with Gasteiger partial charge in [0.2, 0.25) is 5.91 Å². The van der Waals surface area contributed by atoms with Crippen LogP contribution in [0.25, 0.3) is 0 Å². The van der Waals surface area contributed by atoms with Gasteiger partial charge in [-0.05, 0) is 32.1 Å². The maximum Gasteiger partial charge on any atom is 0.249 e. The minimum atomic E-state index is -1.27. The van der Waals surface area contributed by atoms with E-state index in [1.54, 1.807) is 0 Å². The van der Waals surface area contributed by atoms with Crippen LogP contribution in [0.2, 0.25) is 0 Å². The number of unbranched alkanes of at least 4 members (excludes halogenated alkanes) is 35. The van der Waals surface area contributed by atoms with Crippen LogP contribution in [0, 0.1) is 0 Å². The third kappa shape index (κ3) is 38.6. The van der Waals surface area contributed by atoms with Gasteiger partial charge in [0, 0.05) is 0 Å². The number of rotatable bonds is 46. The summed E-state index contributed by atoms with van der Waals surface area (Å²) in [5.41, 5.74) is 0. The van der Waals surface area contributed by atoms with Crippen molar-refractivity contribution in [2.75, 3.05) is 6.61 Å². The maximum atomic E-state index is 12.4. The molecule has 0 radical (unpaired) electrons. The molecule has 0 heterocycles. The molecule has 5 N–H and O–H groups in total. The summed E-state index contributed by atoms with van der Waals surface area (Å²) in [6.07, 6.45) is 51.7. The molecule has 0 bridgehead atoms. The predicted octanol–water partition coefficient (Wildman–Crippen LogP) is 13.7. The van der Waals surface area contributed by atoms with Crippen LogP contribution in [0.1, 0.15) is 271 Å². The van der Waals surface area contributed by atoms with Gasteiger partial charge in [0.15, 0.2) is 0 Å². The van der Waals surface area contributed by atoms with Gasteiger partial charge in [0.05, 0.1) is 18.8 Å². The molecular weight excluding hydrogens is 695 g/mol. The van der Waals surface area contributed by atoms with Crippen molar-refractivity contribution in [3.05, 3.63) is 12.2 Å². The van der Waals surface area contributed by atoms with Gasteiger partial charge in [-0.25, -0.2) is 0 Å². The molecule has 334 valence electrons. The molecule has 6 nitrogen and oxygen atoms in total. The topological polar surface area (TPSA) is 110 Å². The van der Waals surface area contributed by atoms with Crippen molar-refractivity contribution in [3.63, 3.8) is 0 Å². The zero-order valence-electron chi connectivity index (χ0n) is 37.7. The van der Waals surface area contributed by atoms with E-state index >= 15 is 0 Å². The minimum Gasteiger partial charge on any atom is -0.394 e. The molecule has 0 saturated heterocycles. The van der Waals surface area contributed by atoms with Crippen molar-refractivity contribution in [2.45, 2.75) is 295 Å². The highest BCUT2D eigenvalue weighted by atomic mass is 16.3. The summed E-state index contributed by atoms with van der Waals surface area (Å²) in [5.74, 6) is -0.618. The molecule has 0 aromatic carbocycles. The number of aliphatic hydroxyl groups excluding tert-OH is 4. The molecule has 0 fully saturated rings. The van der Waals surface area contributed by atoms with E-state index in [4.69, 9.17) is 0 Å². The predicted molar refractivity (Wildman–Crippen MR) is 242 cm³/mol. The Hall–Kier alpha value is -0.950. The first kappa shape index (κ1) is 55.0. The average Bonchev–Trinajstić information content (AvgIpc) is 3.20. The quantitative estimate of drug-likeness (QED) is 0.0311. The van der Waals surface area contributed by atoms with Crippen LogP contribution in [0.3, 0.4) is 0 Å². The van der Waals surface area contributed by atoms with Crippen molar-refractivity contribution < 1.29 is 25.2 Å². The molecule has 0 rings (SSSR count). The number of allylic oxidation sites excluding steroid dienone is 2. The molecular formula is C50H99NO5. The summed E-state index contributed by atoms with van der Waals surface area (Å²) in [6.45, 7) is 4.00. The summed E-state index contributed by atoms with van der Waals surface area (Å²) in [5, 5.41) is 43.5. The van der Waals surface area contributed by atoms with Crippen LogP contribution >= 0.6 is 0 Å². The van der Waals surface area contributed by atoms with Gasteiger partial charge in [-0.2, -0.15) is 0 Å². The molecule has 0 aliphatic heterocycles. The summed E-state index contributed by atoms with van der Waals surface area (Å²) in [4.78, 5) is 12.4. The van der Waals surface area contributed by atoms with Crippen LogP contribution < -0.4 is 5.32 Å². The standard InChI is InChI=1S/C50H99NO5/c1-3-5-7-9-11-13-14-15-16-17-18-19-20-21-22-23-24-25-26-27-28-29-30-31-32-33-34-35-36-38-39-41-43-47(53)49(55)46(45-52)51-50(56)48(54)44-42-40-37-12-10-8-6-4-2/h37,40,46-49,52-55H,3-36,38-39,41-45H2,1-2H3,(H,51,56)/b40-37-. The number of carbonyl (C=O) groups is 1. The fourth-order valence-electron chi connectivity index (χ4n) is 8.00. The van der Waals surface area contributed by atoms with Crippen LogP contribution in [-0.4, -0.2) is 57.3 Å². The Morgan fingerprint density at radius 1 is 0.429 bits per heavy atom. The lowest BCUT2D eigenvalue weighted by molar-refractivity contribution is -0.132. The summed E-state index contributed by atoms with van der Waals surface area (Å²) < 4.78 is 0. The van der Waals surface area contributed by atoms with Crippen molar-refractivity contribution in [2.24, 2.45) is 0 Å². The van der Waals surface area contributed by atoms with Crippen molar-refractivity contribution in [1.29, 1.82) is 0 Å². The SMILES string of the molecule is CCCCCC/C=C\CCC(O)C(=O)NC(CO)C(O)C(O)CCCCCCCCCCCCCCCCCCCCCCCCCCCCCCCCCC. The van der Waals surface area contributed by atoms with E-state index in [2.05, 4.69) is 25.2 Å². The van der Waals surface area contributed by atoms with Crippen molar-refractivity contribution >= 4 is 5.91 Å². The van der Waals surface area contributed by atoms with Gasteiger partial charge in [-0.1, -0.05) is 251 Å². The first-order valence-electron chi connectivity index (χ1n) is 25.1. The number of carbonyl (C=O) groups excluding carboxylic acids is 1. The lowest BCUT2D eigenvalue weighted by atomic mass is 9.99. The number of hydrogen-bond acceptors (Lipinski definition) is 5. The fraction of sp³-hybridized carbons (Fsp3) is 0.940. The zero-order chi connectivity index (χ0) is 41.0. The van der Waals surface area contributed by atoms with E-state index in [9.17, 15) is 25.2 Å². The second-order valence-electron chi connectivity index (χ2n) is 17.5. The van der Waals surface area contributed by atoms with Crippen LogP contribution in [0.5, 0.6) is 0 Å². The molecule has 0 saturated carbocycles. The largest absolute Gasteiger partial charge is 0.394 e. The second-order valence-corrected chi connectivity index (χ2v) is 17.5. The Bertz CT molecular complexity index is 806. The smallest absolute Gasteiger partial charge is 0.249 e. The molecule has 4 atom stereocenters. The summed E-state index contributed by atoms with van der Waals surface area (Å²) >= 11 is 0. The zero-order valence-corrected chi connectivity index (χ0v) is 37.7. The van der Waals surface area contributed by atoms with E-state index in [1.807, 2.05) is 6.08 Å². The van der Waals surface area contributed by atoms with E-state index in [0.717, 1.165) is 32.1 Å². The van der Waals surface area contributed by atoms with E-state index in [1.165, 1.54) is 205 Å². The van der Waals surface area contributed by atoms with E-state index in [0.29, 0.717) is 12.8 Å². The van der Waals surface area contributed by atoms with E-state index < -0.39 is 36.9 Å². The Kier molecular flexibility index (Phi) is 44.4. The number of aliphatic hydroxyl groups is 4. The number of nitrogens with one attached hydrogen (secondary N) is 1. The van der Waals surface area contributed by atoms with Gasteiger partial charge >= 0.3 is 0 Å². The van der Waals surface area contributed by atoms with Gasteiger partial charge in [-0.3, -0.25) is 4.79 Å². The second kappa shape index (κ2) is 45.1. The van der Waals surface area contributed by atoms with Crippen LogP contribution in [0.15, 0.2) is 12.2 Å². The normalized spacial score (nSPS) is 14.0. The van der Waals surface area contributed by atoms with Gasteiger partial charge in [0.25, 0.3) is 0 Å². The Morgan fingerprint density at radius 3 is 1.07 bits per heavy atom. The van der Waals surface area contributed by atoms with Gasteiger partial charge < -0.3 is 25.7 Å². The molecule has 1 amide bonds. The van der Waals surface area contributed by atoms with E-state index in [-0.39, 0.29) is 6.42 Å². The Morgan fingerprint density at radius 2 is 0.732 bits per heavy atom. The minimum absolute atomic E-state index is 0.286. The highest BCUT2D eigenvalue weighted by Gasteiger charge is 2.28. The first-order valence-corrected chi connectivity index (χ1v) is 25.1. The average molecular weight is 794 g/mol. The van der Waals surface area contributed by atoms with Crippen molar-refractivity contribution in [3.8, 4) is 0 Å². The lowest BCUT2D eigenvalue weighted by Gasteiger charge is -2.27. The third-order valence-electron chi connectivity index (χ3n) is 12.0. The highest BCUT2D eigenvalue weighted by Crippen LogP contribution is 2.18. The molecule has 0 aliphatic rings. The molecule has 56 heavy (non-hydrogen) atoms.